The Kier molecular flexibility index (Phi) is 8.09. The second kappa shape index (κ2) is 13.7. The molecule has 1 N–H and O–H groups in total. The van der Waals surface area contributed by atoms with Crippen molar-refractivity contribution in [3.05, 3.63) is 185 Å². The van der Waals surface area contributed by atoms with Gasteiger partial charge in [0.25, 0.3) is 0 Å². The Morgan fingerprint density at radius 3 is 2.50 bits per heavy atom. The second-order valence-corrected chi connectivity index (χ2v) is 15.7. The Hall–Kier alpha value is -6.38. The zero-order valence-corrected chi connectivity index (χ0v) is 31.4. The van der Waals surface area contributed by atoms with Crippen LogP contribution in [0.4, 0.5) is 5.69 Å². The number of hydrogen-bond acceptors (Lipinski definition) is 4. The van der Waals surface area contributed by atoms with Gasteiger partial charge in [0, 0.05) is 56.3 Å². The number of aliphatic imine (C=N–C) groups is 2. The molecule has 5 heteroatoms. The first-order valence-corrected chi connectivity index (χ1v) is 20.3. The summed E-state index contributed by atoms with van der Waals surface area (Å²) in [6.07, 6.45) is 26.8. The highest BCUT2D eigenvalue weighted by atomic mass is 15.2. The van der Waals surface area contributed by atoms with E-state index in [0.717, 1.165) is 66.2 Å². The highest BCUT2D eigenvalue weighted by Gasteiger charge is 2.42. The van der Waals surface area contributed by atoms with E-state index >= 15 is 0 Å². The van der Waals surface area contributed by atoms with Gasteiger partial charge < -0.3 is 14.8 Å². The molecule has 0 bridgehead atoms. The monoisotopic (exact) mass is 725 g/mol. The van der Waals surface area contributed by atoms with E-state index < -0.39 is 0 Å². The topological polar surface area (TPSA) is 44.9 Å². The summed E-state index contributed by atoms with van der Waals surface area (Å²) in [4.78, 5) is 12.8. The fourth-order valence-electron chi connectivity index (χ4n) is 9.67. The van der Waals surface area contributed by atoms with E-state index in [-0.39, 0.29) is 24.0 Å². The van der Waals surface area contributed by atoms with Crippen LogP contribution in [0.25, 0.3) is 21.8 Å². The zero-order chi connectivity index (χ0) is 37.0. The SMILES string of the molecule is C1#CC2C3=CCC(c4ccc5c(c4)c4ccccc4n5C4CC=CCC4)C=C3N(c3cccc(C4=NC(c5ccccc5)N=C(C5=CCCC=C5)N4)c3)C2C=C1. The number of anilines is 1. The molecule has 6 aliphatic rings. The lowest BCUT2D eigenvalue weighted by Crippen LogP contribution is -2.36. The van der Waals surface area contributed by atoms with E-state index in [1.165, 1.54) is 45.1 Å². The molecule has 5 nitrogen and oxygen atoms in total. The van der Waals surface area contributed by atoms with Crippen LogP contribution in [0.5, 0.6) is 0 Å². The minimum Gasteiger partial charge on any atom is -0.337 e. The van der Waals surface area contributed by atoms with Gasteiger partial charge in [-0.25, -0.2) is 9.98 Å². The fraction of sp³-hybridized carbons (Fsp3) is 0.216. The molecule has 0 amide bonds. The molecule has 56 heavy (non-hydrogen) atoms. The van der Waals surface area contributed by atoms with Gasteiger partial charge in [-0.3, -0.25) is 0 Å². The Labute approximate surface area is 328 Å². The summed E-state index contributed by atoms with van der Waals surface area (Å²) < 4.78 is 2.61. The van der Waals surface area contributed by atoms with Crippen LogP contribution in [0.15, 0.2) is 179 Å². The molecule has 0 radical (unpaired) electrons. The van der Waals surface area contributed by atoms with Crippen molar-refractivity contribution in [1.82, 2.24) is 9.88 Å². The van der Waals surface area contributed by atoms with Crippen molar-refractivity contribution in [2.45, 2.75) is 62.7 Å². The van der Waals surface area contributed by atoms with Crippen molar-refractivity contribution in [2.24, 2.45) is 15.9 Å². The maximum atomic E-state index is 5.21. The third-order valence-corrected chi connectivity index (χ3v) is 12.4. The number of benzene rings is 4. The second-order valence-electron chi connectivity index (χ2n) is 15.7. The third kappa shape index (κ3) is 5.63. The molecule has 2 aliphatic heterocycles. The molecule has 272 valence electrons. The number of fused-ring (bicyclic) bond motifs is 6. The van der Waals surface area contributed by atoms with Gasteiger partial charge in [-0.1, -0.05) is 127 Å². The van der Waals surface area contributed by atoms with Crippen molar-refractivity contribution < 1.29 is 0 Å². The van der Waals surface area contributed by atoms with E-state index in [2.05, 4.69) is 166 Å². The van der Waals surface area contributed by atoms with E-state index in [0.29, 0.717) is 6.04 Å². The molecule has 1 saturated heterocycles. The van der Waals surface area contributed by atoms with Crippen molar-refractivity contribution in [3.8, 4) is 11.8 Å². The van der Waals surface area contributed by atoms with Crippen LogP contribution < -0.4 is 10.2 Å². The van der Waals surface area contributed by atoms with Crippen molar-refractivity contribution in [3.63, 3.8) is 0 Å². The van der Waals surface area contributed by atoms with Crippen LogP contribution >= 0.6 is 0 Å². The summed E-state index contributed by atoms with van der Waals surface area (Å²) >= 11 is 0. The Bertz CT molecular complexity index is 2720. The van der Waals surface area contributed by atoms with Gasteiger partial charge in [0.05, 0.1) is 12.0 Å². The van der Waals surface area contributed by atoms with Crippen LogP contribution in [0.2, 0.25) is 0 Å². The molecule has 11 rings (SSSR count). The van der Waals surface area contributed by atoms with E-state index in [9.17, 15) is 0 Å². The average Bonchev–Trinajstić information content (AvgIpc) is 3.79. The summed E-state index contributed by atoms with van der Waals surface area (Å²) in [7, 11) is 0. The maximum Gasteiger partial charge on any atom is 0.169 e. The Morgan fingerprint density at radius 2 is 1.61 bits per heavy atom. The summed E-state index contributed by atoms with van der Waals surface area (Å²) in [6, 6.07) is 36.1. The van der Waals surface area contributed by atoms with Gasteiger partial charge in [0.15, 0.2) is 6.17 Å². The standard InChI is InChI=1S/C51H43N5/c1-4-15-34(16-5-1)49-52-50(35-17-6-2-7-18-35)54-51(53-49)38-19-14-22-40(31-38)56-45-25-12-10-23-41(45)43-29-27-37(33-48(43)56)36-28-30-47-44(32-36)42-24-11-13-26-46(42)55(47)39-20-8-3-9-21-39/h1,3-6,8,11-19,22,24-26,28-33,37,39,41,45,49H,2,7,9,20-21,27H2,(H,52,53,54). The number of allylic oxidation sites excluding steroid dienone is 8. The third-order valence-electron chi connectivity index (χ3n) is 12.4. The molecule has 5 atom stereocenters. The van der Waals surface area contributed by atoms with Crippen LogP contribution in [0.1, 0.15) is 73.3 Å². The van der Waals surface area contributed by atoms with E-state index in [1.54, 1.807) is 0 Å². The number of aromatic nitrogens is 1. The van der Waals surface area contributed by atoms with Crippen LogP contribution in [-0.4, -0.2) is 22.3 Å². The highest BCUT2D eigenvalue weighted by molar-refractivity contribution is 6.17. The van der Waals surface area contributed by atoms with Crippen molar-refractivity contribution in [1.29, 1.82) is 0 Å². The lowest BCUT2D eigenvalue weighted by atomic mass is 9.84. The lowest BCUT2D eigenvalue weighted by molar-refractivity contribution is 0.485. The summed E-state index contributed by atoms with van der Waals surface area (Å²) in [5.74, 6) is 9.00. The minimum atomic E-state index is -0.322. The molecule has 1 fully saturated rings. The first kappa shape index (κ1) is 33.0. The number of rotatable bonds is 6. The molecule has 4 aromatic carbocycles. The Balaban J connectivity index is 0.972. The van der Waals surface area contributed by atoms with Crippen molar-refractivity contribution >= 4 is 39.2 Å². The molecule has 0 saturated carbocycles. The first-order chi connectivity index (χ1) is 27.8. The fourth-order valence-corrected chi connectivity index (χ4v) is 9.67. The molecule has 4 aliphatic carbocycles. The minimum absolute atomic E-state index is 0.126. The van der Waals surface area contributed by atoms with Gasteiger partial charge in [-0.15, -0.1) is 0 Å². The van der Waals surface area contributed by atoms with Crippen LogP contribution in [0.3, 0.4) is 0 Å². The zero-order valence-electron chi connectivity index (χ0n) is 31.4. The van der Waals surface area contributed by atoms with Crippen LogP contribution in [-0.2, 0) is 0 Å². The molecule has 0 spiro atoms. The largest absolute Gasteiger partial charge is 0.337 e. The van der Waals surface area contributed by atoms with Gasteiger partial charge in [0.1, 0.15) is 11.7 Å². The quantitative estimate of drug-likeness (QED) is 0.140. The van der Waals surface area contributed by atoms with Gasteiger partial charge in [0.2, 0.25) is 0 Å². The predicted molar refractivity (Wildman–Crippen MR) is 231 cm³/mol. The normalized spacial score (nSPS) is 25.0. The van der Waals surface area contributed by atoms with Crippen LogP contribution in [0, 0.1) is 17.8 Å². The number of hydrogen-bond donors (Lipinski definition) is 1. The highest BCUT2D eigenvalue weighted by Crippen LogP contribution is 2.48. The summed E-state index contributed by atoms with van der Waals surface area (Å²) in [6.45, 7) is 0. The number of amidine groups is 2. The van der Waals surface area contributed by atoms with Gasteiger partial charge >= 0.3 is 0 Å². The van der Waals surface area contributed by atoms with Gasteiger partial charge in [-0.2, -0.15) is 0 Å². The molecular weight excluding hydrogens is 683 g/mol. The number of nitrogens with one attached hydrogen (secondary N) is 1. The van der Waals surface area contributed by atoms with Gasteiger partial charge in [-0.05, 0) is 91.6 Å². The number of nitrogens with zero attached hydrogens (tertiary/aromatic N) is 4. The molecule has 1 aromatic heterocycles. The maximum absolute atomic E-state index is 5.21. The predicted octanol–water partition coefficient (Wildman–Crippen LogP) is 11.2. The molecule has 5 aromatic rings. The lowest BCUT2D eigenvalue weighted by Gasteiger charge is -2.30. The van der Waals surface area contributed by atoms with E-state index in [1.807, 2.05) is 12.1 Å². The molecular formula is C51H43N5. The molecule has 3 heterocycles. The summed E-state index contributed by atoms with van der Waals surface area (Å²) in [5.41, 5.74) is 11.1. The van der Waals surface area contributed by atoms with Crippen molar-refractivity contribution in [2.75, 3.05) is 4.90 Å². The smallest absolute Gasteiger partial charge is 0.169 e. The summed E-state index contributed by atoms with van der Waals surface area (Å²) in [5, 5.41) is 6.35. The van der Waals surface area contributed by atoms with E-state index in [4.69, 9.17) is 9.98 Å². The average molecular weight is 726 g/mol. The first-order valence-electron chi connectivity index (χ1n) is 20.3. The molecule has 5 unspecified atom stereocenters. The number of para-hydroxylation sites is 1. The Morgan fingerprint density at radius 1 is 0.714 bits per heavy atom.